The molecule has 1 aliphatic rings. The zero-order valence-electron chi connectivity index (χ0n) is 10.2. The van der Waals surface area contributed by atoms with E-state index in [0.717, 1.165) is 4.47 Å². The highest BCUT2D eigenvalue weighted by Gasteiger charge is 2.46. The molecule has 0 unspecified atom stereocenters. The van der Waals surface area contributed by atoms with Gasteiger partial charge in [-0.05, 0) is 29.6 Å². The summed E-state index contributed by atoms with van der Waals surface area (Å²) in [6, 6.07) is 8.58. The molecule has 0 spiro atoms. The summed E-state index contributed by atoms with van der Waals surface area (Å²) in [5, 5.41) is 15.1. The van der Waals surface area contributed by atoms with Crippen LogP contribution in [0.15, 0.2) is 40.2 Å². The van der Waals surface area contributed by atoms with Crippen molar-refractivity contribution >= 4 is 44.6 Å². The van der Waals surface area contributed by atoms with Crippen LogP contribution in [-0.4, -0.2) is 16.8 Å². The van der Waals surface area contributed by atoms with Crippen molar-refractivity contribution in [2.24, 2.45) is 0 Å². The predicted octanol–water partition coefficient (Wildman–Crippen LogP) is 2.92. The van der Waals surface area contributed by atoms with E-state index in [0.29, 0.717) is 16.1 Å². The van der Waals surface area contributed by atoms with Crippen molar-refractivity contribution in [2.45, 2.75) is 12.0 Å². The topological polar surface area (TPSA) is 66.4 Å². The minimum absolute atomic E-state index is 0.245. The van der Waals surface area contributed by atoms with Crippen LogP contribution in [0.4, 0.5) is 5.69 Å². The number of hydrogen-bond acceptors (Lipinski definition) is 4. The summed E-state index contributed by atoms with van der Waals surface area (Å²) >= 11 is 4.61. The second kappa shape index (κ2) is 4.80. The molecule has 1 atom stereocenters. The number of aliphatic hydroxyl groups is 1. The molecule has 6 heteroatoms. The highest BCUT2D eigenvalue weighted by molar-refractivity contribution is 9.10. The molecular formula is C14H10BrNO3S. The summed E-state index contributed by atoms with van der Waals surface area (Å²) in [7, 11) is 0. The Kier molecular flexibility index (Phi) is 3.24. The maximum atomic E-state index is 12.2. The van der Waals surface area contributed by atoms with E-state index in [-0.39, 0.29) is 12.2 Å². The van der Waals surface area contributed by atoms with Crippen molar-refractivity contribution in [2.75, 3.05) is 5.32 Å². The fraction of sp³-hybridized carbons (Fsp3) is 0.143. The van der Waals surface area contributed by atoms with Crippen LogP contribution in [0.2, 0.25) is 0 Å². The lowest BCUT2D eigenvalue weighted by Crippen LogP contribution is -2.36. The number of rotatable bonds is 3. The van der Waals surface area contributed by atoms with E-state index < -0.39 is 11.5 Å². The summed E-state index contributed by atoms with van der Waals surface area (Å²) in [6.45, 7) is 0. The van der Waals surface area contributed by atoms with Crippen molar-refractivity contribution in [3.63, 3.8) is 0 Å². The average molecular weight is 352 g/mol. The molecule has 102 valence electrons. The number of halogens is 1. The van der Waals surface area contributed by atoms with Crippen molar-refractivity contribution in [3.05, 3.63) is 50.6 Å². The molecule has 0 radical (unpaired) electrons. The van der Waals surface area contributed by atoms with Gasteiger partial charge in [0.2, 0.25) is 0 Å². The largest absolute Gasteiger partial charge is 0.375 e. The number of anilines is 1. The third-order valence-corrected chi connectivity index (χ3v) is 4.67. The van der Waals surface area contributed by atoms with Crippen LogP contribution < -0.4 is 5.32 Å². The fourth-order valence-electron chi connectivity index (χ4n) is 2.25. The first-order chi connectivity index (χ1) is 9.50. The van der Waals surface area contributed by atoms with E-state index in [1.165, 1.54) is 11.3 Å². The zero-order chi connectivity index (χ0) is 14.3. The molecule has 0 saturated heterocycles. The molecule has 0 bridgehead atoms. The Morgan fingerprint density at radius 2 is 2.20 bits per heavy atom. The Morgan fingerprint density at radius 1 is 1.40 bits per heavy atom. The second-order valence-electron chi connectivity index (χ2n) is 4.58. The number of thiophene rings is 1. The van der Waals surface area contributed by atoms with Gasteiger partial charge in [0.15, 0.2) is 11.4 Å². The fourth-order valence-corrected chi connectivity index (χ4v) is 3.27. The molecule has 1 aliphatic heterocycles. The lowest BCUT2D eigenvalue weighted by atomic mass is 9.89. The number of fused-ring (bicyclic) bond motifs is 1. The highest BCUT2D eigenvalue weighted by atomic mass is 79.9. The van der Waals surface area contributed by atoms with Crippen LogP contribution in [0.1, 0.15) is 21.7 Å². The van der Waals surface area contributed by atoms with Gasteiger partial charge in [-0.2, -0.15) is 0 Å². The van der Waals surface area contributed by atoms with Gasteiger partial charge in [-0.1, -0.05) is 22.0 Å². The van der Waals surface area contributed by atoms with Gasteiger partial charge < -0.3 is 10.4 Å². The number of hydrogen-bond donors (Lipinski definition) is 2. The minimum atomic E-state index is -1.81. The molecule has 2 N–H and O–H groups in total. The maximum Gasteiger partial charge on any atom is 0.261 e. The Balaban J connectivity index is 1.98. The van der Waals surface area contributed by atoms with Gasteiger partial charge in [0.1, 0.15) is 0 Å². The minimum Gasteiger partial charge on any atom is -0.375 e. The Hall–Kier alpha value is -1.50. The van der Waals surface area contributed by atoms with Crippen LogP contribution in [0.5, 0.6) is 0 Å². The number of nitrogens with one attached hydrogen (secondary N) is 1. The van der Waals surface area contributed by atoms with Gasteiger partial charge in [0.05, 0.1) is 11.3 Å². The third-order valence-electron chi connectivity index (χ3n) is 3.26. The highest BCUT2D eigenvalue weighted by Crippen LogP contribution is 2.40. The van der Waals surface area contributed by atoms with Crippen molar-refractivity contribution in [3.8, 4) is 0 Å². The number of amides is 1. The van der Waals surface area contributed by atoms with Crippen LogP contribution in [0.3, 0.4) is 0 Å². The van der Waals surface area contributed by atoms with E-state index in [1.54, 1.807) is 35.7 Å². The van der Waals surface area contributed by atoms with Crippen LogP contribution in [0, 0.1) is 0 Å². The first-order valence-corrected chi connectivity index (χ1v) is 7.58. The van der Waals surface area contributed by atoms with E-state index in [9.17, 15) is 14.7 Å². The molecule has 4 nitrogen and oxygen atoms in total. The smallest absolute Gasteiger partial charge is 0.261 e. The average Bonchev–Trinajstić information content (AvgIpc) is 3.00. The SMILES string of the molecule is O=C(C[C@@]1(O)C(=O)Nc2ccc(Br)cc21)c1cccs1. The second-order valence-corrected chi connectivity index (χ2v) is 6.44. The van der Waals surface area contributed by atoms with Crippen LogP contribution in [0.25, 0.3) is 0 Å². The molecular weight excluding hydrogens is 342 g/mol. The first-order valence-electron chi connectivity index (χ1n) is 5.91. The maximum absolute atomic E-state index is 12.2. The quantitative estimate of drug-likeness (QED) is 0.835. The van der Waals surface area contributed by atoms with Gasteiger partial charge in [-0.25, -0.2) is 0 Å². The summed E-state index contributed by atoms with van der Waals surface area (Å²) in [6.07, 6.45) is -0.261. The normalized spacial score (nSPS) is 20.6. The van der Waals surface area contributed by atoms with E-state index in [1.807, 2.05) is 0 Å². The molecule has 0 fully saturated rings. The molecule has 20 heavy (non-hydrogen) atoms. The lowest BCUT2D eigenvalue weighted by molar-refractivity contribution is -0.133. The number of benzene rings is 1. The van der Waals surface area contributed by atoms with Gasteiger partial charge in [-0.15, -0.1) is 11.3 Å². The molecule has 1 aromatic carbocycles. The molecule has 3 rings (SSSR count). The van der Waals surface area contributed by atoms with Gasteiger partial charge in [0.25, 0.3) is 5.91 Å². The van der Waals surface area contributed by atoms with E-state index in [4.69, 9.17) is 0 Å². The van der Waals surface area contributed by atoms with Crippen molar-refractivity contribution in [1.29, 1.82) is 0 Å². The number of carbonyl (C=O) groups is 2. The van der Waals surface area contributed by atoms with E-state index in [2.05, 4.69) is 21.2 Å². The van der Waals surface area contributed by atoms with Gasteiger partial charge in [-0.3, -0.25) is 9.59 Å². The summed E-state index contributed by atoms with van der Waals surface area (Å²) in [5.41, 5.74) is -0.832. The Bertz CT molecular complexity index is 698. The number of ketones is 1. The third kappa shape index (κ3) is 2.09. The first kappa shape index (κ1) is 13.5. The summed E-state index contributed by atoms with van der Waals surface area (Å²) in [4.78, 5) is 24.7. The molecule has 2 aromatic rings. The van der Waals surface area contributed by atoms with Gasteiger partial charge in [0, 0.05) is 15.7 Å². The Morgan fingerprint density at radius 3 is 2.90 bits per heavy atom. The standard InChI is InChI=1S/C14H10BrNO3S/c15-8-3-4-10-9(6-8)14(19,13(18)16-10)7-11(17)12-2-1-5-20-12/h1-6,19H,7H2,(H,16,18)/t14-/m0/s1. The molecule has 1 aromatic heterocycles. The van der Waals surface area contributed by atoms with Crippen LogP contribution in [-0.2, 0) is 10.4 Å². The summed E-state index contributed by atoms with van der Waals surface area (Å²) in [5.74, 6) is -0.805. The summed E-state index contributed by atoms with van der Waals surface area (Å²) < 4.78 is 0.745. The van der Waals surface area contributed by atoms with Crippen molar-refractivity contribution < 1.29 is 14.7 Å². The number of carbonyl (C=O) groups excluding carboxylic acids is 2. The molecule has 2 heterocycles. The molecule has 0 aliphatic carbocycles. The van der Waals surface area contributed by atoms with Crippen LogP contribution >= 0.6 is 27.3 Å². The molecule has 0 saturated carbocycles. The number of Topliss-reactive ketones (excluding diaryl/α,β-unsaturated/α-hetero) is 1. The Labute approximate surface area is 127 Å². The molecule has 1 amide bonds. The van der Waals surface area contributed by atoms with Gasteiger partial charge >= 0.3 is 0 Å². The predicted molar refractivity (Wildman–Crippen MR) is 79.9 cm³/mol. The van der Waals surface area contributed by atoms with E-state index >= 15 is 0 Å². The lowest BCUT2D eigenvalue weighted by Gasteiger charge is -2.19. The van der Waals surface area contributed by atoms with Crippen molar-refractivity contribution in [1.82, 2.24) is 0 Å². The monoisotopic (exact) mass is 351 g/mol. The zero-order valence-corrected chi connectivity index (χ0v) is 12.6.